The van der Waals surface area contributed by atoms with Crippen molar-refractivity contribution >= 4 is 46.3 Å². The van der Waals surface area contributed by atoms with E-state index < -0.39 is 0 Å². The van der Waals surface area contributed by atoms with Crippen LogP contribution in [0.5, 0.6) is 0 Å². The van der Waals surface area contributed by atoms with E-state index in [2.05, 4.69) is 4.99 Å². The number of amides is 1. The molecule has 0 aliphatic carbocycles. The quantitative estimate of drug-likeness (QED) is 0.834. The molecule has 3 heterocycles. The number of halogens is 1. The number of aliphatic imine (C=N–C) groups is 1. The Morgan fingerprint density at radius 1 is 1.24 bits per heavy atom. The van der Waals surface area contributed by atoms with E-state index in [1.807, 2.05) is 52.6 Å². The van der Waals surface area contributed by atoms with Crippen LogP contribution >= 0.6 is 23.4 Å². The number of hydrogen-bond donors (Lipinski definition) is 1. The zero-order chi connectivity index (χ0) is 17.4. The van der Waals surface area contributed by atoms with Crippen LogP contribution in [0.1, 0.15) is 11.3 Å². The van der Waals surface area contributed by atoms with Gasteiger partial charge in [-0.2, -0.15) is 4.99 Å². The summed E-state index contributed by atoms with van der Waals surface area (Å²) in [6, 6.07) is 11.5. The highest BCUT2D eigenvalue weighted by atomic mass is 35.5. The standard InChI is InChI=1S/C18H13ClN4OS/c19-13-5-3-12(4-6-13)11-22-7-1-2-14(22)10-15-16(20)23-8-9-25-18(23)21-17(15)24/h1-10,20H,11H2/b15-10-,20-16?. The second kappa shape index (κ2) is 6.38. The molecule has 2 aromatic rings. The van der Waals surface area contributed by atoms with Crippen LogP contribution in [0.4, 0.5) is 0 Å². The lowest BCUT2D eigenvalue weighted by atomic mass is 10.1. The Hall–Kier alpha value is -2.57. The summed E-state index contributed by atoms with van der Waals surface area (Å²) in [6.45, 7) is 0.652. The second-order valence-electron chi connectivity index (χ2n) is 5.57. The molecule has 0 saturated carbocycles. The topological polar surface area (TPSA) is 61.5 Å². The molecule has 0 spiro atoms. The molecular formula is C18H13ClN4OS. The van der Waals surface area contributed by atoms with Gasteiger partial charge in [0.2, 0.25) is 0 Å². The highest BCUT2D eigenvalue weighted by molar-refractivity contribution is 8.16. The average Bonchev–Trinajstić information content (AvgIpc) is 3.23. The fourth-order valence-electron chi connectivity index (χ4n) is 2.67. The van der Waals surface area contributed by atoms with Gasteiger partial charge in [0.15, 0.2) is 5.17 Å². The van der Waals surface area contributed by atoms with Crippen LogP contribution in [0.15, 0.2) is 64.8 Å². The van der Waals surface area contributed by atoms with Gasteiger partial charge >= 0.3 is 0 Å². The van der Waals surface area contributed by atoms with Gasteiger partial charge in [-0.1, -0.05) is 35.5 Å². The van der Waals surface area contributed by atoms with Crippen molar-refractivity contribution < 1.29 is 4.79 Å². The van der Waals surface area contributed by atoms with E-state index in [-0.39, 0.29) is 17.3 Å². The summed E-state index contributed by atoms with van der Waals surface area (Å²) in [7, 11) is 0. The van der Waals surface area contributed by atoms with Crippen molar-refractivity contribution in [3.05, 3.63) is 76.1 Å². The summed E-state index contributed by atoms with van der Waals surface area (Å²) in [5, 5.41) is 11.3. The first kappa shape index (κ1) is 15.9. The van der Waals surface area contributed by atoms with Crippen LogP contribution in [0.25, 0.3) is 6.08 Å². The van der Waals surface area contributed by atoms with Crippen LogP contribution in [0, 0.1) is 5.41 Å². The first-order chi connectivity index (χ1) is 12.1. The predicted molar refractivity (Wildman–Crippen MR) is 102 cm³/mol. The van der Waals surface area contributed by atoms with Gasteiger partial charge in [0.25, 0.3) is 5.91 Å². The Labute approximate surface area is 153 Å². The number of fused-ring (bicyclic) bond motifs is 1. The number of carbonyl (C=O) groups excluding carboxylic acids is 1. The Balaban J connectivity index is 1.65. The fourth-order valence-corrected chi connectivity index (χ4v) is 3.50. The largest absolute Gasteiger partial charge is 0.344 e. The number of rotatable bonds is 3. The van der Waals surface area contributed by atoms with Gasteiger partial charge in [0, 0.05) is 29.7 Å². The van der Waals surface area contributed by atoms with Crippen LogP contribution in [0.3, 0.4) is 0 Å². The summed E-state index contributed by atoms with van der Waals surface area (Å²) in [5.74, 6) is -0.234. The smallest absolute Gasteiger partial charge is 0.283 e. The molecule has 0 saturated heterocycles. The van der Waals surface area contributed by atoms with Crippen LogP contribution in [-0.4, -0.2) is 26.4 Å². The molecule has 5 nitrogen and oxygen atoms in total. The van der Waals surface area contributed by atoms with E-state index >= 15 is 0 Å². The molecule has 2 aliphatic rings. The summed E-state index contributed by atoms with van der Waals surface area (Å²) in [4.78, 5) is 18.0. The van der Waals surface area contributed by atoms with Crippen LogP contribution in [-0.2, 0) is 11.3 Å². The number of hydrogen-bond acceptors (Lipinski definition) is 3. The molecule has 124 valence electrons. The van der Waals surface area contributed by atoms with E-state index in [0.29, 0.717) is 16.7 Å². The minimum atomic E-state index is -0.383. The number of carbonyl (C=O) groups is 1. The number of benzene rings is 1. The molecule has 1 aromatic carbocycles. The van der Waals surface area contributed by atoms with Gasteiger partial charge in [-0.15, -0.1) is 0 Å². The minimum Gasteiger partial charge on any atom is -0.344 e. The Morgan fingerprint density at radius 2 is 2.04 bits per heavy atom. The SMILES string of the molecule is N=C1/C(=C/c2cccn2Cc2ccc(Cl)cc2)C(=O)N=C2SC=CN12. The molecule has 1 amide bonds. The van der Waals surface area contributed by atoms with Crippen LogP contribution < -0.4 is 0 Å². The van der Waals surface area contributed by atoms with Gasteiger partial charge in [0.05, 0.1) is 5.57 Å². The second-order valence-corrected chi connectivity index (χ2v) is 6.88. The van der Waals surface area contributed by atoms with E-state index in [9.17, 15) is 4.79 Å². The third kappa shape index (κ3) is 3.06. The first-order valence-electron chi connectivity index (χ1n) is 7.57. The Bertz CT molecular complexity index is 956. The molecule has 1 aromatic heterocycles. The van der Waals surface area contributed by atoms with Crippen molar-refractivity contribution in [1.82, 2.24) is 9.47 Å². The summed E-state index contributed by atoms with van der Waals surface area (Å²) < 4.78 is 2.02. The number of aromatic nitrogens is 1. The maximum Gasteiger partial charge on any atom is 0.283 e. The van der Waals surface area contributed by atoms with Gasteiger partial charge in [-0.25, -0.2) is 0 Å². The lowest BCUT2D eigenvalue weighted by molar-refractivity contribution is -0.114. The van der Waals surface area contributed by atoms with Crippen molar-refractivity contribution in [2.24, 2.45) is 4.99 Å². The lowest BCUT2D eigenvalue weighted by Gasteiger charge is -2.22. The molecule has 1 N–H and O–H groups in total. The molecule has 0 radical (unpaired) electrons. The molecule has 0 bridgehead atoms. The van der Waals surface area contributed by atoms with Crippen molar-refractivity contribution in [2.45, 2.75) is 6.54 Å². The summed E-state index contributed by atoms with van der Waals surface area (Å²) in [5.41, 5.74) is 2.23. The average molecular weight is 369 g/mol. The molecule has 0 unspecified atom stereocenters. The maximum atomic E-state index is 12.3. The number of nitrogens with zero attached hydrogens (tertiary/aromatic N) is 3. The molecule has 25 heavy (non-hydrogen) atoms. The van der Waals surface area contributed by atoms with E-state index in [4.69, 9.17) is 17.0 Å². The van der Waals surface area contributed by atoms with E-state index in [0.717, 1.165) is 11.3 Å². The van der Waals surface area contributed by atoms with Crippen molar-refractivity contribution in [2.75, 3.05) is 0 Å². The van der Waals surface area contributed by atoms with Gasteiger partial charge in [-0.3, -0.25) is 15.1 Å². The molecular weight excluding hydrogens is 356 g/mol. The monoisotopic (exact) mass is 368 g/mol. The highest BCUT2D eigenvalue weighted by Crippen LogP contribution is 2.27. The molecule has 2 aliphatic heterocycles. The number of amidine groups is 2. The maximum absolute atomic E-state index is 12.3. The Morgan fingerprint density at radius 3 is 2.84 bits per heavy atom. The number of thioether (sulfide) groups is 1. The first-order valence-corrected chi connectivity index (χ1v) is 8.83. The Kier molecular flexibility index (Phi) is 4.07. The third-order valence-corrected chi connectivity index (χ3v) is 4.94. The lowest BCUT2D eigenvalue weighted by Crippen LogP contribution is -2.35. The highest BCUT2D eigenvalue weighted by Gasteiger charge is 2.31. The van der Waals surface area contributed by atoms with Crippen molar-refractivity contribution in [3.63, 3.8) is 0 Å². The van der Waals surface area contributed by atoms with E-state index in [1.165, 1.54) is 11.8 Å². The van der Waals surface area contributed by atoms with Crippen molar-refractivity contribution in [3.8, 4) is 0 Å². The van der Waals surface area contributed by atoms with Gasteiger partial charge in [0.1, 0.15) is 5.84 Å². The summed E-state index contributed by atoms with van der Waals surface area (Å²) in [6.07, 6.45) is 5.41. The van der Waals surface area contributed by atoms with Crippen LogP contribution in [0.2, 0.25) is 5.02 Å². The van der Waals surface area contributed by atoms with Crippen molar-refractivity contribution in [1.29, 1.82) is 5.41 Å². The zero-order valence-electron chi connectivity index (χ0n) is 13.0. The number of nitrogens with one attached hydrogen (secondary N) is 1. The normalized spacial score (nSPS) is 18.0. The zero-order valence-corrected chi connectivity index (χ0v) is 14.6. The molecule has 0 fully saturated rings. The van der Waals surface area contributed by atoms with Gasteiger partial charge in [-0.05, 0) is 41.3 Å². The molecule has 0 atom stereocenters. The molecule has 7 heteroatoms. The molecule has 4 rings (SSSR count). The van der Waals surface area contributed by atoms with E-state index in [1.54, 1.807) is 17.2 Å². The summed E-state index contributed by atoms with van der Waals surface area (Å²) >= 11 is 7.27. The fraction of sp³-hybridized carbons (Fsp3) is 0.0556. The van der Waals surface area contributed by atoms with Gasteiger partial charge < -0.3 is 4.57 Å². The minimum absolute atomic E-state index is 0.149. The predicted octanol–water partition coefficient (Wildman–Crippen LogP) is 3.97. The third-order valence-electron chi connectivity index (χ3n) is 3.94.